The largest absolute Gasteiger partial charge is 0.353 e. The van der Waals surface area contributed by atoms with Gasteiger partial charge in [-0.1, -0.05) is 11.8 Å². The van der Waals surface area contributed by atoms with E-state index in [0.29, 0.717) is 5.16 Å². The maximum Gasteiger partial charge on any atom is 0.233 e. The SMILES string of the molecule is CC(C)NC(=O)[C@@H](C)Sc1nnc([C@@H](C)[NH+]2CCCCC2)n1-c1ccc(F)cc1. The van der Waals surface area contributed by atoms with E-state index in [1.807, 2.05) is 25.3 Å². The molecule has 1 fully saturated rings. The number of rotatable bonds is 7. The molecule has 0 unspecified atom stereocenters. The summed E-state index contributed by atoms with van der Waals surface area (Å²) in [6.45, 7) is 10.2. The average molecular weight is 421 g/mol. The summed E-state index contributed by atoms with van der Waals surface area (Å²) in [5.41, 5.74) is 0.814. The number of benzene rings is 1. The van der Waals surface area contributed by atoms with E-state index in [9.17, 15) is 9.18 Å². The summed E-state index contributed by atoms with van der Waals surface area (Å²) in [5, 5.41) is 12.2. The Hall–Kier alpha value is -1.93. The maximum absolute atomic E-state index is 13.5. The number of hydrogen-bond donors (Lipinski definition) is 2. The van der Waals surface area contributed by atoms with Crippen molar-refractivity contribution in [3.8, 4) is 5.69 Å². The number of amides is 1. The highest BCUT2D eigenvalue weighted by molar-refractivity contribution is 8.00. The predicted octanol–water partition coefficient (Wildman–Crippen LogP) is 2.54. The minimum atomic E-state index is -0.314. The first-order valence-corrected chi connectivity index (χ1v) is 11.3. The number of piperidine rings is 1. The highest BCUT2D eigenvalue weighted by Crippen LogP contribution is 2.28. The van der Waals surface area contributed by atoms with Crippen molar-refractivity contribution in [1.29, 1.82) is 0 Å². The lowest BCUT2D eigenvalue weighted by atomic mass is 10.1. The van der Waals surface area contributed by atoms with Gasteiger partial charge in [-0.3, -0.25) is 9.36 Å². The lowest BCUT2D eigenvalue weighted by Gasteiger charge is -2.29. The molecule has 2 N–H and O–H groups in total. The fourth-order valence-corrected chi connectivity index (χ4v) is 4.59. The Labute approximate surface area is 176 Å². The van der Waals surface area contributed by atoms with Crippen LogP contribution in [0.25, 0.3) is 5.69 Å². The van der Waals surface area contributed by atoms with Crippen LogP contribution in [0, 0.1) is 5.82 Å². The van der Waals surface area contributed by atoms with Gasteiger partial charge in [-0.25, -0.2) is 4.39 Å². The lowest BCUT2D eigenvalue weighted by Crippen LogP contribution is -3.12. The zero-order chi connectivity index (χ0) is 21.0. The third-order valence-electron chi connectivity index (χ3n) is 5.32. The molecule has 1 aliphatic heterocycles. The van der Waals surface area contributed by atoms with E-state index in [2.05, 4.69) is 22.4 Å². The van der Waals surface area contributed by atoms with Gasteiger partial charge in [0.2, 0.25) is 5.91 Å². The van der Waals surface area contributed by atoms with E-state index in [1.165, 1.54) is 48.1 Å². The van der Waals surface area contributed by atoms with Gasteiger partial charge in [0.15, 0.2) is 11.0 Å². The highest BCUT2D eigenvalue weighted by Gasteiger charge is 2.29. The standard InChI is InChI=1S/C21H30FN5OS/c1-14(2)23-20(28)16(4)29-21-25-24-19(15(3)26-12-6-5-7-13-26)27(21)18-10-8-17(22)9-11-18/h8-11,14-16H,5-7,12-13H2,1-4H3,(H,23,28)/p+1/t15-,16-/m1/s1. The Bertz CT molecular complexity index is 817. The predicted molar refractivity (Wildman–Crippen MR) is 113 cm³/mol. The van der Waals surface area contributed by atoms with E-state index in [4.69, 9.17) is 0 Å². The first-order chi connectivity index (χ1) is 13.9. The van der Waals surface area contributed by atoms with Crippen LogP contribution in [0.3, 0.4) is 0 Å². The van der Waals surface area contributed by atoms with Crippen molar-refractivity contribution in [3.63, 3.8) is 0 Å². The molecule has 158 valence electrons. The minimum Gasteiger partial charge on any atom is -0.353 e. The summed E-state index contributed by atoms with van der Waals surface area (Å²) in [4.78, 5) is 13.9. The number of carbonyl (C=O) groups excluding carboxylic acids is 1. The first-order valence-electron chi connectivity index (χ1n) is 10.4. The highest BCUT2D eigenvalue weighted by atomic mass is 32.2. The minimum absolute atomic E-state index is 0.0325. The Morgan fingerprint density at radius 1 is 1.10 bits per heavy atom. The molecule has 1 aromatic heterocycles. The molecule has 2 heterocycles. The average Bonchev–Trinajstić information content (AvgIpc) is 3.11. The molecular weight excluding hydrogens is 389 g/mol. The van der Waals surface area contributed by atoms with Crippen molar-refractivity contribution in [2.24, 2.45) is 0 Å². The molecule has 0 saturated carbocycles. The molecule has 2 atom stereocenters. The molecule has 6 nitrogen and oxygen atoms in total. The van der Waals surface area contributed by atoms with Crippen molar-refractivity contribution in [2.75, 3.05) is 13.1 Å². The van der Waals surface area contributed by atoms with Crippen LogP contribution in [-0.4, -0.2) is 45.1 Å². The van der Waals surface area contributed by atoms with Crippen molar-refractivity contribution >= 4 is 17.7 Å². The van der Waals surface area contributed by atoms with E-state index in [1.54, 1.807) is 12.1 Å². The number of likely N-dealkylation sites (tertiary alicyclic amines) is 1. The number of quaternary nitrogens is 1. The van der Waals surface area contributed by atoms with Gasteiger partial charge in [0.25, 0.3) is 0 Å². The van der Waals surface area contributed by atoms with Crippen LogP contribution in [0.4, 0.5) is 4.39 Å². The molecule has 1 amide bonds. The summed E-state index contributed by atoms with van der Waals surface area (Å²) in [6.07, 6.45) is 3.72. The van der Waals surface area contributed by atoms with Crippen LogP contribution in [0.5, 0.6) is 0 Å². The van der Waals surface area contributed by atoms with E-state index in [-0.39, 0.29) is 29.1 Å². The lowest BCUT2D eigenvalue weighted by molar-refractivity contribution is -0.935. The van der Waals surface area contributed by atoms with Gasteiger partial charge in [-0.05, 0) is 71.2 Å². The number of carbonyl (C=O) groups is 1. The molecule has 0 aliphatic carbocycles. The molecule has 0 spiro atoms. The van der Waals surface area contributed by atoms with E-state index < -0.39 is 0 Å². The third-order valence-corrected chi connectivity index (χ3v) is 6.36. The summed E-state index contributed by atoms with van der Waals surface area (Å²) in [7, 11) is 0. The quantitative estimate of drug-likeness (QED) is 0.676. The Morgan fingerprint density at radius 3 is 2.38 bits per heavy atom. The van der Waals surface area contributed by atoms with Crippen LogP contribution in [-0.2, 0) is 4.79 Å². The number of nitrogens with one attached hydrogen (secondary N) is 2. The molecule has 1 aliphatic rings. The van der Waals surface area contributed by atoms with E-state index >= 15 is 0 Å². The number of nitrogens with zero attached hydrogens (tertiary/aromatic N) is 3. The Kier molecular flexibility index (Phi) is 7.29. The molecular formula is C21H31FN5OS+. The van der Waals surface area contributed by atoms with Crippen LogP contribution in [0.2, 0.25) is 0 Å². The van der Waals surface area contributed by atoms with E-state index in [0.717, 1.165) is 24.6 Å². The number of halogens is 1. The summed E-state index contributed by atoms with van der Waals surface area (Å²) >= 11 is 1.38. The van der Waals surface area contributed by atoms with Gasteiger partial charge >= 0.3 is 0 Å². The van der Waals surface area contributed by atoms with Crippen LogP contribution in [0.1, 0.15) is 58.8 Å². The maximum atomic E-state index is 13.5. The van der Waals surface area contributed by atoms with Crippen molar-refractivity contribution in [2.45, 2.75) is 69.4 Å². The molecule has 1 aromatic carbocycles. The first kappa shape index (κ1) is 21.8. The van der Waals surface area contributed by atoms with Crippen LogP contribution in [0.15, 0.2) is 29.4 Å². The van der Waals surface area contributed by atoms with Gasteiger partial charge < -0.3 is 10.2 Å². The number of aromatic nitrogens is 3. The molecule has 2 aromatic rings. The van der Waals surface area contributed by atoms with Crippen LogP contribution >= 0.6 is 11.8 Å². The van der Waals surface area contributed by atoms with Gasteiger partial charge in [0.05, 0.1) is 18.3 Å². The van der Waals surface area contributed by atoms with Gasteiger partial charge in [-0.15, -0.1) is 10.2 Å². The Balaban J connectivity index is 1.92. The van der Waals surface area contributed by atoms with Crippen LogP contribution < -0.4 is 10.2 Å². The fraction of sp³-hybridized carbons (Fsp3) is 0.571. The molecule has 0 bridgehead atoms. The number of hydrogen-bond acceptors (Lipinski definition) is 4. The molecule has 8 heteroatoms. The Morgan fingerprint density at radius 2 is 1.76 bits per heavy atom. The second-order valence-corrected chi connectivity index (χ2v) is 9.32. The van der Waals surface area contributed by atoms with Crippen molar-refractivity contribution in [1.82, 2.24) is 20.1 Å². The zero-order valence-corrected chi connectivity index (χ0v) is 18.4. The second-order valence-electron chi connectivity index (χ2n) is 8.02. The van der Waals surface area contributed by atoms with Gasteiger partial charge in [0.1, 0.15) is 11.9 Å². The number of thioether (sulfide) groups is 1. The molecule has 1 saturated heterocycles. The summed E-state index contributed by atoms with van der Waals surface area (Å²) in [5.74, 6) is 0.541. The van der Waals surface area contributed by atoms with Gasteiger partial charge in [-0.2, -0.15) is 0 Å². The fourth-order valence-electron chi connectivity index (χ4n) is 3.71. The molecule has 29 heavy (non-hydrogen) atoms. The normalized spacial score (nSPS) is 17.3. The summed E-state index contributed by atoms with van der Waals surface area (Å²) in [6, 6.07) is 6.62. The topological polar surface area (TPSA) is 64.2 Å². The smallest absolute Gasteiger partial charge is 0.233 e. The summed E-state index contributed by atoms with van der Waals surface area (Å²) < 4.78 is 15.5. The van der Waals surface area contributed by atoms with Gasteiger partial charge in [0, 0.05) is 11.7 Å². The zero-order valence-electron chi connectivity index (χ0n) is 17.6. The van der Waals surface area contributed by atoms with Crippen molar-refractivity contribution < 1.29 is 14.1 Å². The second kappa shape index (κ2) is 9.71. The molecule has 0 radical (unpaired) electrons. The third kappa shape index (κ3) is 5.36. The molecule has 3 rings (SSSR count). The van der Waals surface area contributed by atoms with Crippen molar-refractivity contribution in [3.05, 3.63) is 35.9 Å². The monoisotopic (exact) mass is 420 g/mol.